The Morgan fingerprint density at radius 2 is 2.31 bits per heavy atom. The van der Waals surface area contributed by atoms with Crippen LogP contribution < -0.4 is 5.73 Å². The van der Waals surface area contributed by atoms with Gasteiger partial charge in [-0.2, -0.15) is 5.10 Å². The largest absolute Gasteiger partial charge is 0.431 e. The lowest BCUT2D eigenvalue weighted by Gasteiger charge is -1.89. The van der Waals surface area contributed by atoms with E-state index >= 15 is 0 Å². The molecule has 6 nitrogen and oxygen atoms in total. The number of nitrogens with zero attached hydrogens (tertiary/aromatic N) is 3. The number of para-hydroxylation sites is 1. The summed E-state index contributed by atoms with van der Waals surface area (Å²) in [6.45, 7) is 0. The van der Waals surface area contributed by atoms with E-state index in [-0.39, 0.29) is 0 Å². The number of fused-ring (bicyclic) bond motifs is 1. The summed E-state index contributed by atoms with van der Waals surface area (Å²) < 4.78 is 5.51. The van der Waals surface area contributed by atoms with Crippen molar-refractivity contribution in [3.8, 4) is 0 Å². The van der Waals surface area contributed by atoms with Crippen molar-refractivity contribution in [1.29, 1.82) is 0 Å². The first-order valence-electron chi connectivity index (χ1n) is 4.51. The van der Waals surface area contributed by atoms with Crippen LogP contribution in [0.15, 0.2) is 39.3 Å². The molecule has 2 aromatic heterocycles. The third-order valence-electron chi connectivity index (χ3n) is 2.01. The number of H-pyrrole nitrogens is 1. The maximum Gasteiger partial charge on any atom is 0.264 e. The summed E-state index contributed by atoms with van der Waals surface area (Å²) in [5, 5.41) is 7.57. The quantitative estimate of drug-likeness (QED) is 0.654. The van der Waals surface area contributed by atoms with Gasteiger partial charge in [-0.05, 0) is 12.1 Å². The number of nitrogens with two attached hydrogens (primary N) is 1. The molecule has 0 bridgehead atoms. The number of oxazole rings is 1. The topological polar surface area (TPSA) is 93.6 Å². The van der Waals surface area contributed by atoms with Gasteiger partial charge in [0.2, 0.25) is 0 Å². The zero-order valence-electron chi connectivity index (χ0n) is 8.04. The molecular formula is C9H7N5OS. The van der Waals surface area contributed by atoms with Gasteiger partial charge in [0.1, 0.15) is 11.8 Å². The summed E-state index contributed by atoms with van der Waals surface area (Å²) >= 11 is 1.27. The lowest BCUT2D eigenvalue weighted by molar-refractivity contribution is 0.489. The minimum atomic E-state index is 0.490. The second-order valence-electron chi connectivity index (χ2n) is 3.07. The standard InChI is InChI=1S/C9H7N5OS/c10-5-2-1-3-6-7(5)13-9(15-6)16-8-11-4-12-14-8/h1-4H,10H2,(H,11,12,14). The van der Waals surface area contributed by atoms with Crippen LogP contribution in [0.25, 0.3) is 11.1 Å². The average Bonchev–Trinajstić information content (AvgIpc) is 2.88. The Balaban J connectivity index is 2.02. The summed E-state index contributed by atoms with van der Waals surface area (Å²) in [6, 6.07) is 5.43. The van der Waals surface area contributed by atoms with Crippen LogP contribution in [-0.4, -0.2) is 20.2 Å². The molecule has 3 aromatic rings. The minimum absolute atomic E-state index is 0.490. The van der Waals surface area contributed by atoms with Gasteiger partial charge < -0.3 is 10.2 Å². The van der Waals surface area contributed by atoms with E-state index in [0.29, 0.717) is 27.2 Å². The number of aromatic amines is 1. The maximum absolute atomic E-state index is 5.78. The van der Waals surface area contributed by atoms with Gasteiger partial charge in [-0.3, -0.25) is 5.10 Å². The predicted octanol–water partition coefficient (Wildman–Crippen LogP) is 1.68. The third kappa shape index (κ3) is 1.50. The van der Waals surface area contributed by atoms with E-state index < -0.39 is 0 Å². The van der Waals surface area contributed by atoms with Crippen LogP contribution in [0.2, 0.25) is 0 Å². The Bertz CT molecular complexity index is 618. The van der Waals surface area contributed by atoms with Gasteiger partial charge in [-0.25, -0.2) is 9.97 Å². The Kier molecular flexibility index (Phi) is 2.03. The van der Waals surface area contributed by atoms with Crippen LogP contribution >= 0.6 is 11.8 Å². The first kappa shape index (κ1) is 9.22. The van der Waals surface area contributed by atoms with Crippen LogP contribution in [0, 0.1) is 0 Å². The molecule has 2 heterocycles. The van der Waals surface area contributed by atoms with Gasteiger partial charge >= 0.3 is 0 Å². The summed E-state index contributed by atoms with van der Waals surface area (Å²) in [7, 11) is 0. The summed E-state index contributed by atoms with van der Waals surface area (Å²) in [5.74, 6) is 0. The Hall–Kier alpha value is -2.02. The molecule has 1 aromatic carbocycles. The van der Waals surface area contributed by atoms with Gasteiger partial charge in [0, 0.05) is 11.8 Å². The monoisotopic (exact) mass is 233 g/mol. The molecular weight excluding hydrogens is 226 g/mol. The first-order valence-corrected chi connectivity index (χ1v) is 5.33. The molecule has 16 heavy (non-hydrogen) atoms. The summed E-state index contributed by atoms with van der Waals surface area (Å²) in [6.07, 6.45) is 1.43. The number of nitrogen functional groups attached to an aromatic ring is 1. The number of hydrogen-bond acceptors (Lipinski definition) is 6. The predicted molar refractivity (Wildman–Crippen MR) is 58.9 cm³/mol. The maximum atomic E-state index is 5.78. The van der Waals surface area contributed by atoms with Crippen molar-refractivity contribution in [3.63, 3.8) is 0 Å². The summed E-state index contributed by atoms with van der Waals surface area (Å²) in [4.78, 5) is 8.24. The summed E-state index contributed by atoms with van der Waals surface area (Å²) in [5.41, 5.74) is 7.72. The Morgan fingerprint density at radius 1 is 1.38 bits per heavy atom. The van der Waals surface area contributed by atoms with Gasteiger partial charge in [-0.1, -0.05) is 6.07 Å². The van der Waals surface area contributed by atoms with Crippen LogP contribution in [-0.2, 0) is 0 Å². The molecule has 3 N–H and O–H groups in total. The van der Waals surface area contributed by atoms with Crippen molar-refractivity contribution < 1.29 is 4.42 Å². The molecule has 0 spiro atoms. The van der Waals surface area contributed by atoms with Crippen molar-refractivity contribution >= 4 is 28.5 Å². The third-order valence-corrected chi connectivity index (χ3v) is 2.75. The lowest BCUT2D eigenvalue weighted by atomic mass is 10.3. The number of nitrogens with one attached hydrogen (secondary N) is 1. The second kappa shape index (κ2) is 3.53. The zero-order chi connectivity index (χ0) is 11.0. The normalized spacial score (nSPS) is 11.0. The zero-order valence-corrected chi connectivity index (χ0v) is 8.86. The van der Waals surface area contributed by atoms with E-state index in [1.165, 1.54) is 18.1 Å². The molecule has 0 aliphatic carbocycles. The van der Waals surface area contributed by atoms with Gasteiger partial charge in [-0.15, -0.1) is 0 Å². The van der Waals surface area contributed by atoms with Crippen LogP contribution in [0.3, 0.4) is 0 Å². The highest BCUT2D eigenvalue weighted by Gasteiger charge is 2.10. The van der Waals surface area contributed by atoms with E-state index in [1.54, 1.807) is 6.07 Å². The number of rotatable bonds is 2. The van der Waals surface area contributed by atoms with E-state index in [2.05, 4.69) is 20.2 Å². The lowest BCUT2D eigenvalue weighted by Crippen LogP contribution is -1.84. The number of aromatic nitrogens is 4. The first-order chi connectivity index (χ1) is 7.83. The molecule has 0 fully saturated rings. The molecule has 0 radical (unpaired) electrons. The van der Waals surface area contributed by atoms with E-state index in [1.807, 2.05) is 12.1 Å². The number of benzene rings is 1. The highest BCUT2D eigenvalue weighted by atomic mass is 32.2. The number of anilines is 1. The highest BCUT2D eigenvalue weighted by molar-refractivity contribution is 7.98. The van der Waals surface area contributed by atoms with Gasteiger partial charge in [0.15, 0.2) is 10.7 Å². The van der Waals surface area contributed by atoms with Crippen molar-refractivity contribution in [2.45, 2.75) is 10.4 Å². The fraction of sp³-hybridized carbons (Fsp3) is 0. The molecule has 80 valence electrons. The van der Waals surface area contributed by atoms with E-state index in [4.69, 9.17) is 10.2 Å². The highest BCUT2D eigenvalue weighted by Crippen LogP contribution is 2.29. The molecule has 0 aliphatic rings. The Labute approximate surface area is 94.3 Å². The fourth-order valence-corrected chi connectivity index (χ4v) is 1.95. The molecule has 0 unspecified atom stereocenters. The second-order valence-corrected chi connectivity index (χ2v) is 4.01. The molecule has 3 rings (SSSR count). The smallest absolute Gasteiger partial charge is 0.264 e. The molecule has 0 saturated heterocycles. The number of hydrogen-bond donors (Lipinski definition) is 2. The van der Waals surface area contributed by atoms with E-state index in [0.717, 1.165) is 0 Å². The fourth-order valence-electron chi connectivity index (χ4n) is 1.32. The molecule has 0 atom stereocenters. The SMILES string of the molecule is Nc1cccc2oc(Sc3ncn[nH]3)nc12. The van der Waals surface area contributed by atoms with Crippen molar-refractivity contribution in [1.82, 2.24) is 20.2 Å². The van der Waals surface area contributed by atoms with Crippen LogP contribution in [0.4, 0.5) is 5.69 Å². The Morgan fingerprint density at radius 3 is 3.06 bits per heavy atom. The molecule has 0 saturated carbocycles. The average molecular weight is 233 g/mol. The molecule has 0 aliphatic heterocycles. The van der Waals surface area contributed by atoms with E-state index in [9.17, 15) is 0 Å². The van der Waals surface area contributed by atoms with Crippen molar-refractivity contribution in [2.24, 2.45) is 0 Å². The van der Waals surface area contributed by atoms with Crippen molar-refractivity contribution in [2.75, 3.05) is 5.73 Å². The van der Waals surface area contributed by atoms with Gasteiger partial charge in [0.25, 0.3) is 5.22 Å². The molecule has 0 amide bonds. The van der Waals surface area contributed by atoms with Crippen molar-refractivity contribution in [3.05, 3.63) is 24.5 Å². The van der Waals surface area contributed by atoms with Crippen LogP contribution in [0.1, 0.15) is 0 Å². The molecule has 7 heteroatoms. The van der Waals surface area contributed by atoms with Crippen LogP contribution in [0.5, 0.6) is 0 Å². The minimum Gasteiger partial charge on any atom is -0.431 e. The van der Waals surface area contributed by atoms with Gasteiger partial charge in [0.05, 0.1) is 5.69 Å².